The van der Waals surface area contributed by atoms with E-state index in [4.69, 9.17) is 5.26 Å². The molecule has 0 bridgehead atoms. The molecule has 0 unspecified atom stereocenters. The van der Waals surface area contributed by atoms with E-state index in [0.717, 1.165) is 5.56 Å². The zero-order valence-electron chi connectivity index (χ0n) is 13.7. The van der Waals surface area contributed by atoms with Crippen molar-refractivity contribution < 1.29 is 4.79 Å². The van der Waals surface area contributed by atoms with Crippen molar-refractivity contribution in [2.45, 2.75) is 13.1 Å². The van der Waals surface area contributed by atoms with Crippen LogP contribution in [0.15, 0.2) is 59.5 Å². The second-order valence-corrected chi connectivity index (χ2v) is 5.73. The fraction of sp³-hybridized carbons (Fsp3) is 0.158. The number of benzene rings is 2. The predicted molar refractivity (Wildman–Crippen MR) is 93.6 cm³/mol. The Labute approximate surface area is 144 Å². The molecule has 0 aliphatic heterocycles. The van der Waals surface area contributed by atoms with E-state index in [-0.39, 0.29) is 18.0 Å². The SMILES string of the molecule is CN(Cc1ccc(C#N)cc1)C(=O)Cn1c(=O)cnc2ccccc21. The Balaban J connectivity index is 1.79. The van der Waals surface area contributed by atoms with Gasteiger partial charge >= 0.3 is 0 Å². The third-order valence-corrected chi connectivity index (χ3v) is 3.97. The number of hydrogen-bond donors (Lipinski definition) is 0. The van der Waals surface area contributed by atoms with Gasteiger partial charge in [0.15, 0.2) is 0 Å². The summed E-state index contributed by atoms with van der Waals surface area (Å²) in [5.74, 6) is -0.178. The molecular weight excluding hydrogens is 316 g/mol. The highest BCUT2D eigenvalue weighted by molar-refractivity contribution is 5.79. The Hall–Kier alpha value is -3.46. The summed E-state index contributed by atoms with van der Waals surface area (Å²) in [6, 6.07) is 16.4. The molecule has 2 aromatic carbocycles. The number of carbonyl (C=O) groups excluding carboxylic acids is 1. The first-order valence-corrected chi connectivity index (χ1v) is 7.76. The van der Waals surface area contributed by atoms with E-state index in [1.165, 1.54) is 10.8 Å². The highest BCUT2D eigenvalue weighted by Gasteiger charge is 2.13. The zero-order valence-corrected chi connectivity index (χ0v) is 13.7. The minimum atomic E-state index is -0.307. The van der Waals surface area contributed by atoms with Gasteiger partial charge in [-0.05, 0) is 29.8 Å². The maximum atomic E-state index is 12.5. The molecule has 0 fully saturated rings. The van der Waals surface area contributed by atoms with Crippen LogP contribution in [0.1, 0.15) is 11.1 Å². The number of likely N-dealkylation sites (N-methyl/N-ethyl adjacent to an activating group) is 1. The summed E-state index contributed by atoms with van der Waals surface area (Å²) in [5.41, 5.74) is 2.49. The molecule has 0 spiro atoms. The summed E-state index contributed by atoms with van der Waals surface area (Å²) in [6.07, 6.45) is 1.23. The highest BCUT2D eigenvalue weighted by atomic mass is 16.2. The molecule has 0 radical (unpaired) electrons. The highest BCUT2D eigenvalue weighted by Crippen LogP contribution is 2.10. The van der Waals surface area contributed by atoms with Crippen LogP contribution in [-0.2, 0) is 17.9 Å². The van der Waals surface area contributed by atoms with Crippen molar-refractivity contribution in [3.63, 3.8) is 0 Å². The summed E-state index contributed by atoms with van der Waals surface area (Å²) in [6.45, 7) is 0.358. The Morgan fingerprint density at radius 2 is 1.92 bits per heavy atom. The molecular formula is C19H16N4O2. The van der Waals surface area contributed by atoms with Crippen molar-refractivity contribution in [3.05, 3.63) is 76.2 Å². The van der Waals surface area contributed by atoms with Crippen LogP contribution in [0, 0.1) is 11.3 Å². The van der Waals surface area contributed by atoms with Crippen molar-refractivity contribution in [1.29, 1.82) is 5.26 Å². The molecule has 0 saturated carbocycles. The predicted octanol–water partition coefficient (Wildman–Crippen LogP) is 1.93. The topological polar surface area (TPSA) is 79.0 Å². The number of rotatable bonds is 4. The minimum absolute atomic E-state index is 0.0470. The monoisotopic (exact) mass is 332 g/mol. The molecule has 3 rings (SSSR count). The maximum absolute atomic E-state index is 12.5. The summed E-state index contributed by atoms with van der Waals surface area (Å²) < 4.78 is 1.43. The van der Waals surface area contributed by atoms with Gasteiger partial charge in [0.1, 0.15) is 6.54 Å². The van der Waals surface area contributed by atoms with E-state index in [2.05, 4.69) is 11.1 Å². The zero-order chi connectivity index (χ0) is 17.8. The Morgan fingerprint density at radius 3 is 2.64 bits per heavy atom. The molecule has 3 aromatic rings. The molecule has 124 valence electrons. The van der Waals surface area contributed by atoms with Gasteiger partial charge in [-0.2, -0.15) is 5.26 Å². The fourth-order valence-corrected chi connectivity index (χ4v) is 2.58. The van der Waals surface area contributed by atoms with Crippen LogP contribution in [0.4, 0.5) is 0 Å². The molecule has 1 heterocycles. The molecule has 1 amide bonds. The summed E-state index contributed by atoms with van der Waals surface area (Å²) >= 11 is 0. The van der Waals surface area contributed by atoms with Crippen LogP contribution < -0.4 is 5.56 Å². The number of aromatic nitrogens is 2. The standard InChI is InChI=1S/C19H16N4O2/c1-22(12-15-8-6-14(10-20)7-9-15)19(25)13-23-17-5-3-2-4-16(17)21-11-18(23)24/h2-9,11H,12-13H2,1H3. The lowest BCUT2D eigenvalue weighted by Gasteiger charge is -2.18. The van der Waals surface area contributed by atoms with Gasteiger partial charge in [-0.25, -0.2) is 4.98 Å². The number of fused-ring (bicyclic) bond motifs is 1. The second-order valence-electron chi connectivity index (χ2n) is 5.73. The maximum Gasteiger partial charge on any atom is 0.269 e. The molecule has 0 aliphatic carbocycles. The number of nitriles is 1. The number of para-hydroxylation sites is 2. The molecule has 25 heavy (non-hydrogen) atoms. The van der Waals surface area contributed by atoms with Crippen LogP contribution in [0.5, 0.6) is 0 Å². The first-order valence-electron chi connectivity index (χ1n) is 7.76. The van der Waals surface area contributed by atoms with Crippen LogP contribution >= 0.6 is 0 Å². The molecule has 0 saturated heterocycles. The minimum Gasteiger partial charge on any atom is -0.340 e. The van der Waals surface area contributed by atoms with Gasteiger partial charge in [-0.3, -0.25) is 14.2 Å². The number of nitrogens with zero attached hydrogens (tertiary/aromatic N) is 4. The van der Waals surface area contributed by atoms with Gasteiger partial charge in [-0.1, -0.05) is 24.3 Å². The van der Waals surface area contributed by atoms with E-state index in [1.807, 2.05) is 24.3 Å². The van der Waals surface area contributed by atoms with E-state index >= 15 is 0 Å². The molecule has 0 aliphatic rings. The van der Waals surface area contributed by atoms with Crippen LogP contribution in [0.2, 0.25) is 0 Å². The van der Waals surface area contributed by atoms with Crippen LogP contribution in [-0.4, -0.2) is 27.4 Å². The first-order chi connectivity index (χ1) is 12.1. The summed E-state index contributed by atoms with van der Waals surface area (Å²) in [7, 11) is 1.69. The summed E-state index contributed by atoms with van der Waals surface area (Å²) in [4.78, 5) is 30.3. The molecule has 0 atom stereocenters. The van der Waals surface area contributed by atoms with Crippen molar-refractivity contribution in [3.8, 4) is 6.07 Å². The van der Waals surface area contributed by atoms with Gasteiger partial charge in [0.25, 0.3) is 5.56 Å². The fourth-order valence-electron chi connectivity index (χ4n) is 2.58. The largest absolute Gasteiger partial charge is 0.340 e. The molecule has 0 N–H and O–H groups in total. The van der Waals surface area contributed by atoms with E-state index in [0.29, 0.717) is 23.1 Å². The van der Waals surface area contributed by atoms with Crippen LogP contribution in [0.3, 0.4) is 0 Å². The number of amides is 1. The third-order valence-electron chi connectivity index (χ3n) is 3.97. The lowest BCUT2D eigenvalue weighted by molar-refractivity contribution is -0.131. The average molecular weight is 332 g/mol. The lowest BCUT2D eigenvalue weighted by atomic mass is 10.1. The molecule has 1 aromatic heterocycles. The van der Waals surface area contributed by atoms with E-state index in [1.54, 1.807) is 36.2 Å². The first kappa shape index (κ1) is 16.4. The third kappa shape index (κ3) is 3.56. The van der Waals surface area contributed by atoms with Crippen LogP contribution in [0.25, 0.3) is 11.0 Å². The molecule has 6 heteroatoms. The van der Waals surface area contributed by atoms with E-state index in [9.17, 15) is 9.59 Å². The van der Waals surface area contributed by atoms with Gasteiger partial charge in [0.05, 0.1) is 28.9 Å². The normalized spacial score (nSPS) is 10.4. The molecule has 6 nitrogen and oxygen atoms in total. The van der Waals surface area contributed by atoms with Crippen molar-refractivity contribution in [2.75, 3.05) is 7.05 Å². The quantitative estimate of drug-likeness (QED) is 0.731. The van der Waals surface area contributed by atoms with Gasteiger partial charge in [0, 0.05) is 13.6 Å². The Bertz CT molecular complexity index is 1020. The summed E-state index contributed by atoms with van der Waals surface area (Å²) in [5, 5.41) is 8.82. The number of carbonyl (C=O) groups is 1. The van der Waals surface area contributed by atoms with Crippen molar-refractivity contribution in [2.24, 2.45) is 0 Å². The second kappa shape index (κ2) is 6.97. The Kier molecular flexibility index (Phi) is 4.57. The lowest BCUT2D eigenvalue weighted by Crippen LogP contribution is -2.33. The van der Waals surface area contributed by atoms with Gasteiger partial charge in [-0.15, -0.1) is 0 Å². The average Bonchev–Trinajstić information content (AvgIpc) is 2.64. The van der Waals surface area contributed by atoms with E-state index < -0.39 is 0 Å². The van der Waals surface area contributed by atoms with Crippen molar-refractivity contribution in [1.82, 2.24) is 14.5 Å². The Morgan fingerprint density at radius 1 is 1.20 bits per heavy atom. The number of hydrogen-bond acceptors (Lipinski definition) is 4. The van der Waals surface area contributed by atoms with Gasteiger partial charge in [0.2, 0.25) is 5.91 Å². The smallest absolute Gasteiger partial charge is 0.269 e. The van der Waals surface area contributed by atoms with Gasteiger partial charge < -0.3 is 4.90 Å². The van der Waals surface area contributed by atoms with Crippen molar-refractivity contribution >= 4 is 16.9 Å².